The third kappa shape index (κ3) is 2.69. The molecular formula is C14H27N3O. The molecule has 2 fully saturated rings. The molecule has 0 aliphatic carbocycles. The molecule has 1 amide bonds. The number of carbonyl (C=O) groups is 1. The Balaban J connectivity index is 1.94. The lowest BCUT2D eigenvalue weighted by molar-refractivity contribution is -0.128. The second-order valence-electron chi connectivity index (χ2n) is 6.07. The van der Waals surface area contributed by atoms with Crippen LogP contribution in [0.3, 0.4) is 0 Å². The molecule has 0 spiro atoms. The highest BCUT2D eigenvalue weighted by Crippen LogP contribution is 2.24. The van der Waals surface area contributed by atoms with Crippen LogP contribution in [0.1, 0.15) is 39.5 Å². The Morgan fingerprint density at radius 3 is 2.89 bits per heavy atom. The Morgan fingerprint density at radius 2 is 2.33 bits per heavy atom. The third-order valence-electron chi connectivity index (χ3n) is 4.71. The van der Waals surface area contributed by atoms with Gasteiger partial charge in [-0.1, -0.05) is 13.8 Å². The second-order valence-corrected chi connectivity index (χ2v) is 6.07. The number of likely N-dealkylation sites (tertiary alicyclic amines) is 1. The fourth-order valence-electron chi connectivity index (χ4n) is 3.34. The summed E-state index contributed by atoms with van der Waals surface area (Å²) in [6, 6.07) is 0.347. The Labute approximate surface area is 110 Å². The van der Waals surface area contributed by atoms with Crippen LogP contribution in [-0.2, 0) is 4.79 Å². The van der Waals surface area contributed by atoms with Gasteiger partial charge < -0.3 is 15.5 Å². The number of hydrogen-bond donors (Lipinski definition) is 2. The van der Waals surface area contributed by atoms with E-state index in [1.807, 2.05) is 0 Å². The standard InChI is InChI=1S/C14H27N3O/c1-4-14(7-5-8-15-14)13(18)16-12-6-9-17(3)10-11(12)2/h11-12,15H,4-10H2,1-3H3,(H,16,18). The van der Waals surface area contributed by atoms with E-state index in [0.29, 0.717) is 12.0 Å². The number of nitrogens with one attached hydrogen (secondary N) is 2. The summed E-state index contributed by atoms with van der Waals surface area (Å²) in [6.07, 6.45) is 4.06. The van der Waals surface area contributed by atoms with Crippen LogP contribution in [-0.4, -0.2) is 49.1 Å². The smallest absolute Gasteiger partial charge is 0.240 e. The van der Waals surface area contributed by atoms with Crippen molar-refractivity contribution in [3.63, 3.8) is 0 Å². The van der Waals surface area contributed by atoms with Gasteiger partial charge in [-0.15, -0.1) is 0 Å². The summed E-state index contributed by atoms with van der Waals surface area (Å²) in [7, 11) is 2.15. The molecule has 2 N–H and O–H groups in total. The summed E-state index contributed by atoms with van der Waals surface area (Å²) in [4.78, 5) is 14.9. The van der Waals surface area contributed by atoms with Gasteiger partial charge in [-0.3, -0.25) is 4.79 Å². The average molecular weight is 253 g/mol. The molecule has 2 saturated heterocycles. The van der Waals surface area contributed by atoms with Crippen LogP contribution in [0.15, 0.2) is 0 Å². The van der Waals surface area contributed by atoms with Crippen LogP contribution in [0.5, 0.6) is 0 Å². The van der Waals surface area contributed by atoms with Gasteiger partial charge in [0.05, 0.1) is 5.54 Å². The van der Waals surface area contributed by atoms with Crippen molar-refractivity contribution in [1.82, 2.24) is 15.5 Å². The van der Waals surface area contributed by atoms with Crippen molar-refractivity contribution in [2.24, 2.45) is 5.92 Å². The zero-order chi connectivity index (χ0) is 13.2. The topological polar surface area (TPSA) is 44.4 Å². The van der Waals surface area contributed by atoms with Crippen molar-refractivity contribution in [2.75, 3.05) is 26.7 Å². The normalized spacial score (nSPS) is 37.7. The molecule has 104 valence electrons. The molecule has 4 heteroatoms. The quantitative estimate of drug-likeness (QED) is 0.788. The van der Waals surface area contributed by atoms with E-state index < -0.39 is 0 Å². The second kappa shape index (κ2) is 5.57. The Hall–Kier alpha value is -0.610. The molecule has 3 atom stereocenters. The lowest BCUT2D eigenvalue weighted by atomic mass is 9.89. The van der Waals surface area contributed by atoms with Crippen molar-refractivity contribution in [2.45, 2.75) is 51.1 Å². The van der Waals surface area contributed by atoms with E-state index in [1.165, 1.54) is 0 Å². The molecule has 0 radical (unpaired) electrons. The average Bonchev–Trinajstić information content (AvgIpc) is 2.82. The van der Waals surface area contributed by atoms with Gasteiger partial charge in [0.1, 0.15) is 0 Å². The van der Waals surface area contributed by atoms with E-state index >= 15 is 0 Å². The maximum Gasteiger partial charge on any atom is 0.240 e. The minimum absolute atomic E-state index is 0.226. The van der Waals surface area contributed by atoms with Gasteiger partial charge in [0.25, 0.3) is 0 Å². The van der Waals surface area contributed by atoms with Crippen LogP contribution >= 0.6 is 0 Å². The highest BCUT2D eigenvalue weighted by atomic mass is 16.2. The van der Waals surface area contributed by atoms with E-state index in [0.717, 1.165) is 45.3 Å². The zero-order valence-electron chi connectivity index (χ0n) is 12.0. The van der Waals surface area contributed by atoms with Gasteiger partial charge in [0, 0.05) is 12.6 Å². The molecular weight excluding hydrogens is 226 g/mol. The number of hydrogen-bond acceptors (Lipinski definition) is 3. The molecule has 2 rings (SSSR count). The predicted molar refractivity (Wildman–Crippen MR) is 73.5 cm³/mol. The van der Waals surface area contributed by atoms with Crippen molar-refractivity contribution in [3.05, 3.63) is 0 Å². The third-order valence-corrected chi connectivity index (χ3v) is 4.71. The minimum atomic E-state index is -0.289. The van der Waals surface area contributed by atoms with E-state index in [2.05, 4.69) is 36.4 Å². The lowest BCUT2D eigenvalue weighted by Gasteiger charge is -2.37. The molecule has 2 heterocycles. The van der Waals surface area contributed by atoms with Gasteiger partial charge in [-0.05, 0) is 51.7 Å². The zero-order valence-corrected chi connectivity index (χ0v) is 12.0. The fraction of sp³-hybridized carbons (Fsp3) is 0.929. The summed E-state index contributed by atoms with van der Waals surface area (Å²) in [5.41, 5.74) is -0.289. The molecule has 0 aromatic carbocycles. The maximum absolute atomic E-state index is 12.5. The molecule has 18 heavy (non-hydrogen) atoms. The fourth-order valence-corrected chi connectivity index (χ4v) is 3.34. The largest absolute Gasteiger partial charge is 0.351 e. The predicted octanol–water partition coefficient (Wildman–Crippen LogP) is 0.975. The highest BCUT2D eigenvalue weighted by Gasteiger charge is 2.40. The van der Waals surface area contributed by atoms with Crippen LogP contribution in [0.25, 0.3) is 0 Å². The van der Waals surface area contributed by atoms with Gasteiger partial charge in [-0.25, -0.2) is 0 Å². The first-order valence-corrected chi connectivity index (χ1v) is 7.32. The van der Waals surface area contributed by atoms with Gasteiger partial charge >= 0.3 is 0 Å². The molecule has 3 unspecified atom stereocenters. The Kier molecular flexibility index (Phi) is 4.28. The molecule has 2 aliphatic rings. The first kappa shape index (κ1) is 13.8. The minimum Gasteiger partial charge on any atom is -0.351 e. The molecule has 0 saturated carbocycles. The van der Waals surface area contributed by atoms with Gasteiger partial charge in [0.2, 0.25) is 5.91 Å². The first-order chi connectivity index (χ1) is 8.57. The van der Waals surface area contributed by atoms with Crippen molar-refractivity contribution in [1.29, 1.82) is 0 Å². The number of piperidine rings is 1. The van der Waals surface area contributed by atoms with Crippen LogP contribution in [0.4, 0.5) is 0 Å². The number of rotatable bonds is 3. The highest BCUT2D eigenvalue weighted by molar-refractivity contribution is 5.86. The summed E-state index contributed by atoms with van der Waals surface area (Å²) in [5, 5.41) is 6.71. The lowest BCUT2D eigenvalue weighted by Crippen LogP contribution is -2.58. The van der Waals surface area contributed by atoms with Crippen molar-refractivity contribution < 1.29 is 4.79 Å². The summed E-state index contributed by atoms with van der Waals surface area (Å²) < 4.78 is 0. The van der Waals surface area contributed by atoms with Crippen molar-refractivity contribution in [3.8, 4) is 0 Å². The van der Waals surface area contributed by atoms with E-state index in [-0.39, 0.29) is 11.4 Å². The van der Waals surface area contributed by atoms with Crippen LogP contribution < -0.4 is 10.6 Å². The first-order valence-electron chi connectivity index (χ1n) is 7.32. The van der Waals surface area contributed by atoms with Gasteiger partial charge in [-0.2, -0.15) is 0 Å². The molecule has 0 aromatic rings. The van der Waals surface area contributed by atoms with Crippen LogP contribution in [0, 0.1) is 5.92 Å². The maximum atomic E-state index is 12.5. The molecule has 4 nitrogen and oxygen atoms in total. The number of nitrogens with zero attached hydrogens (tertiary/aromatic N) is 1. The summed E-state index contributed by atoms with van der Waals surface area (Å²) >= 11 is 0. The molecule has 0 aromatic heterocycles. The SMILES string of the molecule is CCC1(C(=O)NC2CCN(C)CC2C)CCCN1. The van der Waals surface area contributed by atoms with Crippen LogP contribution in [0.2, 0.25) is 0 Å². The van der Waals surface area contributed by atoms with E-state index in [9.17, 15) is 4.79 Å². The Morgan fingerprint density at radius 1 is 1.56 bits per heavy atom. The van der Waals surface area contributed by atoms with Gasteiger partial charge in [0.15, 0.2) is 0 Å². The Bertz CT molecular complexity index is 299. The van der Waals surface area contributed by atoms with E-state index in [1.54, 1.807) is 0 Å². The number of amides is 1. The summed E-state index contributed by atoms with van der Waals surface area (Å²) in [5.74, 6) is 0.770. The molecule has 2 aliphatic heterocycles. The van der Waals surface area contributed by atoms with E-state index in [4.69, 9.17) is 0 Å². The molecule has 0 bridgehead atoms. The monoisotopic (exact) mass is 253 g/mol. The van der Waals surface area contributed by atoms with Crippen molar-refractivity contribution >= 4 is 5.91 Å². The number of carbonyl (C=O) groups excluding carboxylic acids is 1. The summed E-state index contributed by atoms with van der Waals surface area (Å²) in [6.45, 7) is 7.49.